The molecular weight excluding hydrogens is 379 g/mol. The third-order valence-electron chi connectivity index (χ3n) is 3.88. The Kier molecular flexibility index (Phi) is 6.62. The Hall–Kier alpha value is -2.11. The lowest BCUT2D eigenvalue weighted by molar-refractivity contribution is -0.139. The second-order valence-corrected chi connectivity index (χ2v) is 6.87. The van der Waals surface area contributed by atoms with Crippen LogP contribution in [0.1, 0.15) is 36.5 Å². The molecule has 0 fully saturated rings. The van der Waals surface area contributed by atoms with Crippen molar-refractivity contribution < 1.29 is 24.5 Å². The number of phenolic OH excluding ortho intramolecular Hbond substituents is 1. The zero-order chi connectivity index (χ0) is 19.4. The lowest BCUT2D eigenvalue weighted by Gasteiger charge is -2.16. The SMILES string of the molecule is COc1c(OCC(=O)O)cc(Cl)c(Cc2ccc(O)c(C(C)C)c2)c1Cl. The van der Waals surface area contributed by atoms with Crippen molar-refractivity contribution in [3.05, 3.63) is 51.0 Å². The molecule has 0 atom stereocenters. The van der Waals surface area contributed by atoms with Gasteiger partial charge >= 0.3 is 5.97 Å². The van der Waals surface area contributed by atoms with E-state index >= 15 is 0 Å². The van der Waals surface area contributed by atoms with Gasteiger partial charge in [-0.15, -0.1) is 0 Å². The summed E-state index contributed by atoms with van der Waals surface area (Å²) in [6.45, 7) is 3.46. The minimum absolute atomic E-state index is 0.169. The van der Waals surface area contributed by atoms with Crippen LogP contribution in [0.25, 0.3) is 0 Å². The van der Waals surface area contributed by atoms with Crippen molar-refractivity contribution in [3.8, 4) is 17.2 Å². The van der Waals surface area contributed by atoms with Gasteiger partial charge in [-0.2, -0.15) is 0 Å². The van der Waals surface area contributed by atoms with E-state index in [1.807, 2.05) is 19.9 Å². The molecule has 0 unspecified atom stereocenters. The van der Waals surface area contributed by atoms with E-state index in [2.05, 4.69) is 0 Å². The van der Waals surface area contributed by atoms with E-state index in [4.69, 9.17) is 37.8 Å². The van der Waals surface area contributed by atoms with E-state index in [0.717, 1.165) is 11.1 Å². The second kappa shape index (κ2) is 8.52. The largest absolute Gasteiger partial charge is 0.508 e. The predicted molar refractivity (Wildman–Crippen MR) is 101 cm³/mol. The molecule has 2 N–H and O–H groups in total. The van der Waals surface area contributed by atoms with E-state index in [1.54, 1.807) is 12.1 Å². The van der Waals surface area contributed by atoms with E-state index in [9.17, 15) is 9.90 Å². The van der Waals surface area contributed by atoms with Gasteiger partial charge in [-0.25, -0.2) is 4.79 Å². The number of carboxylic acids is 1. The number of benzene rings is 2. The Morgan fingerprint density at radius 2 is 1.92 bits per heavy atom. The van der Waals surface area contributed by atoms with Crippen molar-refractivity contribution in [1.82, 2.24) is 0 Å². The molecule has 0 saturated carbocycles. The summed E-state index contributed by atoms with van der Waals surface area (Å²) in [7, 11) is 1.42. The molecule has 0 saturated heterocycles. The first kappa shape index (κ1) is 20.2. The standard InChI is InChI=1S/C19H20Cl2O5/c1-10(2)12-6-11(4-5-15(12)22)7-13-14(20)8-16(26-9-17(23)24)19(25-3)18(13)21/h4-6,8,10,22H,7,9H2,1-3H3,(H,23,24). The maximum Gasteiger partial charge on any atom is 0.341 e. The molecule has 7 heteroatoms. The van der Waals surface area contributed by atoms with Crippen LogP contribution in [-0.2, 0) is 11.2 Å². The third kappa shape index (κ3) is 4.54. The quantitative estimate of drug-likeness (QED) is 0.694. The first-order valence-electron chi connectivity index (χ1n) is 7.95. The van der Waals surface area contributed by atoms with Crippen LogP contribution in [0.2, 0.25) is 10.0 Å². The van der Waals surface area contributed by atoms with Crippen molar-refractivity contribution in [1.29, 1.82) is 0 Å². The molecule has 0 amide bonds. The van der Waals surface area contributed by atoms with Crippen molar-refractivity contribution in [2.24, 2.45) is 0 Å². The number of phenols is 1. The molecule has 0 heterocycles. The van der Waals surface area contributed by atoms with Crippen LogP contribution in [0.15, 0.2) is 24.3 Å². The zero-order valence-corrected chi connectivity index (χ0v) is 16.2. The van der Waals surface area contributed by atoms with Gasteiger partial charge in [0.1, 0.15) is 5.75 Å². The van der Waals surface area contributed by atoms with Gasteiger partial charge in [0.2, 0.25) is 0 Å². The number of hydrogen-bond donors (Lipinski definition) is 2. The van der Waals surface area contributed by atoms with Crippen LogP contribution in [0.4, 0.5) is 0 Å². The van der Waals surface area contributed by atoms with Crippen LogP contribution < -0.4 is 9.47 Å². The van der Waals surface area contributed by atoms with Gasteiger partial charge in [0.15, 0.2) is 18.1 Å². The minimum atomic E-state index is -1.12. The van der Waals surface area contributed by atoms with Gasteiger partial charge in [0.05, 0.1) is 12.1 Å². The van der Waals surface area contributed by atoms with Gasteiger partial charge in [-0.05, 0) is 28.7 Å². The molecule has 0 aliphatic heterocycles. The highest BCUT2D eigenvalue weighted by Crippen LogP contribution is 2.42. The summed E-state index contributed by atoms with van der Waals surface area (Å²) in [5.41, 5.74) is 2.40. The van der Waals surface area contributed by atoms with Crippen LogP contribution in [-0.4, -0.2) is 29.9 Å². The van der Waals surface area contributed by atoms with Gasteiger partial charge < -0.3 is 19.7 Å². The molecule has 5 nitrogen and oxygen atoms in total. The molecule has 0 spiro atoms. The number of ether oxygens (including phenoxy) is 2. The molecule has 26 heavy (non-hydrogen) atoms. The second-order valence-electron chi connectivity index (χ2n) is 6.09. The molecule has 0 aromatic heterocycles. The van der Waals surface area contributed by atoms with Gasteiger partial charge in [-0.1, -0.05) is 49.2 Å². The van der Waals surface area contributed by atoms with Gasteiger partial charge in [-0.3, -0.25) is 0 Å². The zero-order valence-electron chi connectivity index (χ0n) is 14.7. The maximum absolute atomic E-state index is 10.7. The highest BCUT2D eigenvalue weighted by atomic mass is 35.5. The average molecular weight is 399 g/mol. The Morgan fingerprint density at radius 3 is 2.50 bits per heavy atom. The molecule has 140 valence electrons. The molecular formula is C19H20Cl2O5. The van der Waals surface area contributed by atoms with Crippen LogP contribution in [0.3, 0.4) is 0 Å². The normalized spacial score (nSPS) is 10.8. The first-order chi connectivity index (χ1) is 12.2. The molecule has 2 aromatic rings. The monoisotopic (exact) mass is 398 g/mol. The Labute approximate surface area is 162 Å². The fourth-order valence-corrected chi connectivity index (χ4v) is 3.24. The fraction of sp³-hybridized carbons (Fsp3) is 0.316. The molecule has 2 aromatic carbocycles. The average Bonchev–Trinajstić information content (AvgIpc) is 2.57. The van der Waals surface area contributed by atoms with E-state index in [-0.39, 0.29) is 28.2 Å². The fourth-order valence-electron chi connectivity index (χ4n) is 2.60. The first-order valence-corrected chi connectivity index (χ1v) is 8.71. The van der Waals surface area contributed by atoms with Gasteiger partial charge in [0, 0.05) is 17.5 Å². The summed E-state index contributed by atoms with van der Waals surface area (Å²) in [4.78, 5) is 10.7. The van der Waals surface area contributed by atoms with Crippen molar-refractivity contribution in [3.63, 3.8) is 0 Å². The lowest BCUT2D eigenvalue weighted by atomic mass is 9.96. The van der Waals surface area contributed by atoms with Crippen LogP contribution in [0.5, 0.6) is 17.2 Å². The van der Waals surface area contributed by atoms with Crippen molar-refractivity contribution >= 4 is 29.2 Å². The number of aliphatic carboxylic acids is 1. The minimum Gasteiger partial charge on any atom is -0.508 e. The number of halogens is 2. The summed E-state index contributed by atoms with van der Waals surface area (Å²) < 4.78 is 10.5. The Bertz CT molecular complexity index is 818. The topological polar surface area (TPSA) is 76.0 Å². The molecule has 2 rings (SSSR count). The van der Waals surface area contributed by atoms with Gasteiger partial charge in [0.25, 0.3) is 0 Å². The van der Waals surface area contributed by atoms with Crippen molar-refractivity contribution in [2.75, 3.05) is 13.7 Å². The van der Waals surface area contributed by atoms with Crippen LogP contribution >= 0.6 is 23.2 Å². The Balaban J connectivity index is 2.41. The summed E-state index contributed by atoms with van der Waals surface area (Å²) in [5.74, 6) is -0.302. The summed E-state index contributed by atoms with van der Waals surface area (Å²) in [5, 5.41) is 19.3. The van der Waals surface area contributed by atoms with E-state index < -0.39 is 12.6 Å². The number of rotatable bonds is 7. The summed E-state index contributed by atoms with van der Waals surface area (Å²) in [6, 6.07) is 6.85. The van der Waals surface area contributed by atoms with Crippen molar-refractivity contribution in [2.45, 2.75) is 26.2 Å². The Morgan fingerprint density at radius 1 is 1.23 bits per heavy atom. The smallest absolute Gasteiger partial charge is 0.341 e. The maximum atomic E-state index is 10.7. The van der Waals surface area contributed by atoms with E-state index in [1.165, 1.54) is 13.2 Å². The molecule has 0 aliphatic rings. The molecule has 0 bridgehead atoms. The molecule has 0 radical (unpaired) electrons. The number of hydrogen-bond acceptors (Lipinski definition) is 4. The lowest BCUT2D eigenvalue weighted by Crippen LogP contribution is -2.10. The van der Waals surface area contributed by atoms with E-state index in [0.29, 0.717) is 17.0 Å². The predicted octanol–water partition coefficient (Wildman–Crippen LogP) is 4.89. The van der Waals surface area contributed by atoms with Crippen LogP contribution in [0, 0.1) is 0 Å². The third-order valence-corrected chi connectivity index (χ3v) is 4.62. The number of carboxylic acid groups (broad SMARTS) is 1. The summed E-state index contributed by atoms with van der Waals surface area (Å²) >= 11 is 12.8. The highest BCUT2D eigenvalue weighted by molar-refractivity contribution is 6.37. The number of aromatic hydroxyl groups is 1. The molecule has 0 aliphatic carbocycles. The number of carbonyl (C=O) groups is 1. The summed E-state index contributed by atoms with van der Waals surface area (Å²) in [6.07, 6.45) is 0.424. The number of methoxy groups -OCH3 is 1. The highest BCUT2D eigenvalue weighted by Gasteiger charge is 2.19.